The summed E-state index contributed by atoms with van der Waals surface area (Å²) in [6.45, 7) is 0. The summed E-state index contributed by atoms with van der Waals surface area (Å²) < 4.78 is 1.83. The highest BCUT2D eigenvalue weighted by Crippen LogP contribution is 2.18. The molecule has 0 aliphatic rings. The lowest BCUT2D eigenvalue weighted by molar-refractivity contribution is 0.856. The zero-order valence-corrected chi connectivity index (χ0v) is 9.54. The molecule has 0 aliphatic carbocycles. The van der Waals surface area contributed by atoms with Crippen molar-refractivity contribution in [3.05, 3.63) is 54.7 Å². The van der Waals surface area contributed by atoms with Gasteiger partial charge in [-0.1, -0.05) is 30.3 Å². The van der Waals surface area contributed by atoms with E-state index in [1.54, 1.807) is 0 Å². The molecule has 2 heterocycles. The Bertz CT molecular complexity index is 808. The number of para-hydroxylation sites is 3. The topological polar surface area (TPSA) is 46.5 Å². The second kappa shape index (κ2) is 3.43. The van der Waals surface area contributed by atoms with Gasteiger partial charge in [0.15, 0.2) is 0 Å². The molecule has 18 heavy (non-hydrogen) atoms. The molecule has 2 aromatic heterocycles. The number of benzene rings is 2. The third-order valence-electron chi connectivity index (χ3n) is 3.05. The van der Waals surface area contributed by atoms with Gasteiger partial charge in [-0.3, -0.25) is 0 Å². The molecule has 2 aromatic carbocycles. The molecular formula is C14H10N4. The van der Waals surface area contributed by atoms with E-state index in [9.17, 15) is 0 Å². The van der Waals surface area contributed by atoms with Gasteiger partial charge in [-0.25, -0.2) is 4.98 Å². The van der Waals surface area contributed by atoms with E-state index in [1.165, 1.54) is 0 Å². The lowest BCUT2D eigenvalue weighted by Gasteiger charge is -1.97. The molecule has 4 rings (SSSR count). The highest BCUT2D eigenvalue weighted by Gasteiger charge is 2.08. The van der Waals surface area contributed by atoms with Crippen molar-refractivity contribution in [3.63, 3.8) is 0 Å². The molecule has 0 saturated heterocycles. The fourth-order valence-electron chi connectivity index (χ4n) is 2.18. The van der Waals surface area contributed by atoms with Crippen LogP contribution in [0.3, 0.4) is 0 Å². The molecular weight excluding hydrogens is 224 g/mol. The SMILES string of the molecule is c1ccc2c(c1)cnn2-c1nc2ccccc2[nH]1. The van der Waals surface area contributed by atoms with Gasteiger partial charge in [0.25, 0.3) is 0 Å². The summed E-state index contributed by atoms with van der Waals surface area (Å²) in [7, 11) is 0. The van der Waals surface area contributed by atoms with E-state index in [0.717, 1.165) is 27.9 Å². The minimum absolute atomic E-state index is 0.748. The van der Waals surface area contributed by atoms with Gasteiger partial charge in [0.05, 0.1) is 22.7 Å². The predicted molar refractivity (Wildman–Crippen MR) is 70.7 cm³/mol. The minimum atomic E-state index is 0.748. The summed E-state index contributed by atoms with van der Waals surface area (Å²) in [5.74, 6) is 0.748. The third-order valence-corrected chi connectivity index (χ3v) is 3.05. The van der Waals surface area contributed by atoms with Crippen LogP contribution in [-0.2, 0) is 0 Å². The van der Waals surface area contributed by atoms with Crippen LogP contribution in [0.15, 0.2) is 54.7 Å². The van der Waals surface area contributed by atoms with Crippen LogP contribution in [0.25, 0.3) is 27.9 Å². The standard InChI is InChI=1S/C14H10N4/c1-4-8-13-10(5-1)9-15-18(13)14-16-11-6-2-3-7-12(11)17-14/h1-9H,(H,16,17). The number of imidazole rings is 1. The van der Waals surface area contributed by atoms with E-state index >= 15 is 0 Å². The van der Waals surface area contributed by atoms with Crippen LogP contribution in [0.1, 0.15) is 0 Å². The van der Waals surface area contributed by atoms with Gasteiger partial charge in [0.2, 0.25) is 5.95 Å². The average Bonchev–Trinajstić information content (AvgIpc) is 3.02. The maximum absolute atomic E-state index is 4.55. The van der Waals surface area contributed by atoms with Crippen molar-refractivity contribution in [2.45, 2.75) is 0 Å². The monoisotopic (exact) mass is 234 g/mol. The second-order valence-electron chi connectivity index (χ2n) is 4.19. The van der Waals surface area contributed by atoms with E-state index in [1.807, 2.05) is 59.4 Å². The van der Waals surface area contributed by atoms with Crippen molar-refractivity contribution >= 4 is 21.9 Å². The first-order valence-corrected chi connectivity index (χ1v) is 5.80. The molecule has 0 saturated carbocycles. The number of hydrogen-bond donors (Lipinski definition) is 1. The average molecular weight is 234 g/mol. The first kappa shape index (κ1) is 9.41. The summed E-state index contributed by atoms with van der Waals surface area (Å²) in [5, 5.41) is 5.49. The maximum Gasteiger partial charge on any atom is 0.229 e. The highest BCUT2D eigenvalue weighted by molar-refractivity contribution is 5.81. The van der Waals surface area contributed by atoms with Gasteiger partial charge in [0, 0.05) is 5.39 Å². The summed E-state index contributed by atoms with van der Waals surface area (Å²) >= 11 is 0. The molecule has 0 atom stereocenters. The summed E-state index contributed by atoms with van der Waals surface area (Å²) in [6, 6.07) is 16.1. The van der Waals surface area contributed by atoms with Gasteiger partial charge in [0.1, 0.15) is 0 Å². The minimum Gasteiger partial charge on any atom is -0.322 e. The van der Waals surface area contributed by atoms with Crippen molar-refractivity contribution in [2.75, 3.05) is 0 Å². The molecule has 0 amide bonds. The molecule has 4 heteroatoms. The normalized spacial score (nSPS) is 11.3. The van der Waals surface area contributed by atoms with Crippen molar-refractivity contribution < 1.29 is 0 Å². The second-order valence-corrected chi connectivity index (χ2v) is 4.19. The lowest BCUT2D eigenvalue weighted by atomic mass is 10.3. The molecule has 0 aliphatic heterocycles. The van der Waals surface area contributed by atoms with E-state index in [2.05, 4.69) is 15.1 Å². The molecule has 0 bridgehead atoms. The quantitative estimate of drug-likeness (QED) is 0.550. The Morgan fingerprint density at radius 2 is 1.78 bits per heavy atom. The molecule has 1 N–H and O–H groups in total. The molecule has 4 aromatic rings. The first-order chi connectivity index (χ1) is 8.92. The Balaban J connectivity index is 2.01. The fourth-order valence-corrected chi connectivity index (χ4v) is 2.18. The van der Waals surface area contributed by atoms with E-state index in [0.29, 0.717) is 0 Å². The molecule has 0 radical (unpaired) electrons. The largest absolute Gasteiger partial charge is 0.322 e. The zero-order chi connectivity index (χ0) is 11.9. The molecule has 0 spiro atoms. The number of hydrogen-bond acceptors (Lipinski definition) is 2. The van der Waals surface area contributed by atoms with E-state index in [4.69, 9.17) is 0 Å². The number of aromatic nitrogens is 4. The smallest absolute Gasteiger partial charge is 0.229 e. The van der Waals surface area contributed by atoms with Gasteiger partial charge in [-0.05, 0) is 18.2 Å². The van der Waals surface area contributed by atoms with Crippen LogP contribution >= 0.6 is 0 Å². The van der Waals surface area contributed by atoms with Gasteiger partial charge in [-0.2, -0.15) is 9.78 Å². The predicted octanol–water partition coefficient (Wildman–Crippen LogP) is 2.90. The van der Waals surface area contributed by atoms with Crippen molar-refractivity contribution in [3.8, 4) is 5.95 Å². The van der Waals surface area contributed by atoms with E-state index < -0.39 is 0 Å². The van der Waals surface area contributed by atoms with Crippen molar-refractivity contribution in [1.29, 1.82) is 0 Å². The Hall–Kier alpha value is -2.62. The van der Waals surface area contributed by atoms with Crippen LogP contribution in [0.4, 0.5) is 0 Å². The maximum atomic E-state index is 4.55. The number of nitrogens with zero attached hydrogens (tertiary/aromatic N) is 3. The third kappa shape index (κ3) is 1.26. The Morgan fingerprint density at radius 3 is 2.72 bits per heavy atom. The number of aromatic amines is 1. The number of H-pyrrole nitrogens is 1. The van der Waals surface area contributed by atoms with Crippen LogP contribution < -0.4 is 0 Å². The molecule has 4 nitrogen and oxygen atoms in total. The Morgan fingerprint density at radius 1 is 0.944 bits per heavy atom. The van der Waals surface area contributed by atoms with Crippen molar-refractivity contribution in [2.24, 2.45) is 0 Å². The Kier molecular flexibility index (Phi) is 1.80. The molecule has 86 valence electrons. The van der Waals surface area contributed by atoms with Crippen LogP contribution in [0.2, 0.25) is 0 Å². The van der Waals surface area contributed by atoms with Crippen molar-refractivity contribution in [1.82, 2.24) is 19.7 Å². The molecule has 0 unspecified atom stereocenters. The highest BCUT2D eigenvalue weighted by atomic mass is 15.3. The van der Waals surface area contributed by atoms with E-state index in [-0.39, 0.29) is 0 Å². The molecule has 0 fully saturated rings. The fraction of sp³-hybridized carbons (Fsp3) is 0. The number of rotatable bonds is 1. The van der Waals surface area contributed by atoms with Gasteiger partial charge >= 0.3 is 0 Å². The number of fused-ring (bicyclic) bond motifs is 2. The Labute approximate surface area is 103 Å². The van der Waals surface area contributed by atoms with Gasteiger partial charge < -0.3 is 4.98 Å². The van der Waals surface area contributed by atoms with Crippen LogP contribution in [0, 0.1) is 0 Å². The summed E-state index contributed by atoms with van der Waals surface area (Å²) in [4.78, 5) is 7.83. The zero-order valence-electron chi connectivity index (χ0n) is 9.54. The summed E-state index contributed by atoms with van der Waals surface area (Å²) in [6.07, 6.45) is 1.85. The summed E-state index contributed by atoms with van der Waals surface area (Å²) in [5.41, 5.74) is 3.02. The number of nitrogens with one attached hydrogen (secondary N) is 1. The lowest BCUT2D eigenvalue weighted by Crippen LogP contribution is -1.97. The van der Waals surface area contributed by atoms with Crippen LogP contribution in [-0.4, -0.2) is 19.7 Å². The first-order valence-electron chi connectivity index (χ1n) is 5.80. The van der Waals surface area contributed by atoms with Gasteiger partial charge in [-0.15, -0.1) is 0 Å². The van der Waals surface area contributed by atoms with Crippen LogP contribution in [0.5, 0.6) is 0 Å².